The smallest absolute Gasteiger partial charge is 0.303 e. The minimum atomic E-state index is -0.939. The van der Waals surface area contributed by atoms with Gasteiger partial charge in [0.2, 0.25) is 0 Å². The van der Waals surface area contributed by atoms with Crippen molar-refractivity contribution in [3.63, 3.8) is 0 Å². The highest BCUT2D eigenvalue weighted by molar-refractivity contribution is 6.40. The Kier molecular flexibility index (Phi) is 8.83. The van der Waals surface area contributed by atoms with Crippen molar-refractivity contribution in [3.05, 3.63) is 81.9 Å². The Morgan fingerprint density at radius 2 is 1.95 bits per heavy atom. The Bertz CT molecular complexity index is 1250. The first kappa shape index (κ1) is 27.1. The fourth-order valence-electron chi connectivity index (χ4n) is 4.03. The van der Waals surface area contributed by atoms with Crippen LogP contribution in [0.4, 0.5) is 5.69 Å². The summed E-state index contributed by atoms with van der Waals surface area (Å²) in [5.74, 6) is -0.993. The van der Waals surface area contributed by atoms with Gasteiger partial charge < -0.3 is 29.2 Å². The molecule has 4 atom stereocenters. The number of imidazole rings is 1. The van der Waals surface area contributed by atoms with E-state index in [1.165, 1.54) is 13.8 Å². The van der Waals surface area contributed by atoms with Crippen molar-refractivity contribution < 1.29 is 28.9 Å². The minimum Gasteiger partial charge on any atom is -0.453 e. The van der Waals surface area contributed by atoms with Crippen LogP contribution in [0.3, 0.4) is 0 Å². The summed E-state index contributed by atoms with van der Waals surface area (Å²) in [5, 5.41) is 12.7. The molecular formula is C26H27Cl2N3O6. The predicted molar refractivity (Wildman–Crippen MR) is 137 cm³/mol. The predicted octanol–water partition coefficient (Wildman–Crippen LogP) is 4.82. The van der Waals surface area contributed by atoms with Crippen LogP contribution in [0, 0.1) is 0 Å². The molecule has 1 aromatic heterocycles. The molecule has 2 heterocycles. The van der Waals surface area contributed by atoms with Gasteiger partial charge in [0.1, 0.15) is 5.15 Å². The molecule has 37 heavy (non-hydrogen) atoms. The summed E-state index contributed by atoms with van der Waals surface area (Å²) in [7, 11) is 0. The van der Waals surface area contributed by atoms with Crippen LogP contribution in [0.2, 0.25) is 10.3 Å². The molecular weight excluding hydrogens is 521 g/mol. The third kappa shape index (κ3) is 6.88. The average Bonchev–Trinajstić information content (AvgIpc) is 3.20. The Morgan fingerprint density at radius 1 is 1.19 bits per heavy atom. The topological polar surface area (TPSA) is 112 Å². The van der Waals surface area contributed by atoms with Crippen molar-refractivity contribution in [1.82, 2.24) is 9.55 Å². The number of aliphatic hydroxyl groups excluding tert-OH is 1. The maximum absolute atomic E-state index is 12.4. The van der Waals surface area contributed by atoms with Gasteiger partial charge >= 0.3 is 5.97 Å². The second-order valence-corrected chi connectivity index (χ2v) is 9.41. The molecule has 4 rings (SSSR count). The number of esters is 1. The van der Waals surface area contributed by atoms with Gasteiger partial charge in [-0.3, -0.25) is 9.59 Å². The van der Waals surface area contributed by atoms with Gasteiger partial charge in [-0.1, -0.05) is 59.6 Å². The number of carbonyl (C=O) groups excluding carboxylic acids is 2. The van der Waals surface area contributed by atoms with Crippen LogP contribution < -0.4 is 5.32 Å². The molecule has 4 unspecified atom stereocenters. The van der Waals surface area contributed by atoms with Gasteiger partial charge in [0.15, 0.2) is 17.5 Å². The molecule has 1 aliphatic rings. The number of aromatic nitrogens is 2. The van der Waals surface area contributed by atoms with Gasteiger partial charge in [-0.25, -0.2) is 4.98 Å². The third-order valence-corrected chi connectivity index (χ3v) is 6.66. The van der Waals surface area contributed by atoms with E-state index < -0.39 is 24.3 Å². The number of nitrogens with one attached hydrogen (secondary N) is 1. The van der Waals surface area contributed by atoms with Gasteiger partial charge in [-0.2, -0.15) is 0 Å². The number of ether oxygens (including phenoxy) is 3. The molecule has 0 bridgehead atoms. The summed E-state index contributed by atoms with van der Waals surface area (Å²) in [4.78, 5) is 27.6. The van der Waals surface area contributed by atoms with E-state index in [1.807, 2.05) is 30.3 Å². The van der Waals surface area contributed by atoms with E-state index in [-0.39, 0.29) is 24.0 Å². The van der Waals surface area contributed by atoms with Crippen LogP contribution in [-0.4, -0.2) is 38.7 Å². The number of amides is 1. The molecule has 0 aliphatic carbocycles. The number of benzene rings is 2. The molecule has 196 valence electrons. The van der Waals surface area contributed by atoms with E-state index in [1.54, 1.807) is 29.1 Å². The number of rotatable bonds is 8. The second-order valence-electron chi connectivity index (χ2n) is 8.70. The molecule has 2 N–H and O–H groups in total. The van der Waals surface area contributed by atoms with Crippen LogP contribution in [0.25, 0.3) is 0 Å². The summed E-state index contributed by atoms with van der Waals surface area (Å²) in [6.07, 6.45) is -0.197. The summed E-state index contributed by atoms with van der Waals surface area (Å²) < 4.78 is 19.3. The van der Waals surface area contributed by atoms with E-state index in [0.29, 0.717) is 29.4 Å². The minimum absolute atomic E-state index is 0.0470. The van der Waals surface area contributed by atoms with Crippen molar-refractivity contribution in [2.45, 2.75) is 58.0 Å². The lowest BCUT2D eigenvalue weighted by atomic mass is 10.00. The molecule has 3 aromatic rings. The van der Waals surface area contributed by atoms with Gasteiger partial charge in [0.25, 0.3) is 5.91 Å². The normalized spacial score (nSPS) is 20.3. The van der Waals surface area contributed by atoms with E-state index in [4.69, 9.17) is 37.4 Å². The number of hydrogen-bond acceptors (Lipinski definition) is 7. The lowest BCUT2D eigenvalue weighted by Crippen LogP contribution is -2.32. The van der Waals surface area contributed by atoms with Crippen LogP contribution in [0.5, 0.6) is 0 Å². The highest BCUT2D eigenvalue weighted by atomic mass is 35.5. The second kappa shape index (κ2) is 12.1. The molecule has 2 aromatic carbocycles. The average molecular weight is 548 g/mol. The van der Waals surface area contributed by atoms with Gasteiger partial charge in [0.05, 0.1) is 31.7 Å². The monoisotopic (exact) mass is 547 g/mol. The number of anilines is 1. The number of hydrogen-bond donors (Lipinski definition) is 2. The van der Waals surface area contributed by atoms with Crippen LogP contribution in [0.15, 0.2) is 54.9 Å². The fourth-order valence-corrected chi connectivity index (χ4v) is 4.35. The molecule has 11 heteroatoms. The zero-order chi connectivity index (χ0) is 26.5. The third-order valence-electron chi connectivity index (χ3n) is 5.89. The van der Waals surface area contributed by atoms with E-state index >= 15 is 0 Å². The van der Waals surface area contributed by atoms with Crippen molar-refractivity contribution in [3.8, 4) is 0 Å². The van der Waals surface area contributed by atoms with Crippen molar-refractivity contribution >= 4 is 40.8 Å². The Balaban J connectivity index is 1.56. The van der Waals surface area contributed by atoms with Gasteiger partial charge in [0, 0.05) is 24.6 Å². The molecule has 1 saturated heterocycles. The molecule has 1 amide bonds. The highest BCUT2D eigenvalue weighted by Gasteiger charge is 2.33. The quantitative estimate of drug-likeness (QED) is 0.389. The molecule has 0 radical (unpaired) electrons. The van der Waals surface area contributed by atoms with E-state index in [9.17, 15) is 14.7 Å². The summed E-state index contributed by atoms with van der Waals surface area (Å²) in [6, 6.07) is 14.6. The number of halogens is 2. The lowest BCUT2D eigenvalue weighted by molar-refractivity contribution is -0.252. The summed E-state index contributed by atoms with van der Waals surface area (Å²) in [5.41, 5.74) is 2.93. The van der Waals surface area contributed by atoms with Crippen molar-refractivity contribution in [2.75, 3.05) is 5.32 Å². The molecule has 1 fully saturated rings. The largest absolute Gasteiger partial charge is 0.453 e. The molecule has 1 aliphatic heterocycles. The summed E-state index contributed by atoms with van der Waals surface area (Å²) >= 11 is 12.3. The molecule has 0 spiro atoms. The Labute approximate surface area is 224 Å². The molecule has 0 saturated carbocycles. The highest BCUT2D eigenvalue weighted by Crippen LogP contribution is 2.39. The zero-order valence-corrected chi connectivity index (χ0v) is 21.8. The standard InChI is InChI=1S/C26H27Cl2N3O6/c1-15(35-16(2)33)25(34)30-20-5-3-4-19(10-20)26-36-21(12-31-14-29-23(27)24(31)28)11-22(37-26)18-8-6-17(13-32)7-9-18/h3-10,14-15,21-22,26,32H,11-13H2,1-2H3,(H,30,34). The molecule has 9 nitrogen and oxygen atoms in total. The Hall–Kier alpha value is -2.95. The van der Waals surface area contributed by atoms with Crippen LogP contribution in [0.1, 0.15) is 49.4 Å². The van der Waals surface area contributed by atoms with Crippen molar-refractivity contribution in [1.29, 1.82) is 0 Å². The maximum Gasteiger partial charge on any atom is 0.303 e. The Morgan fingerprint density at radius 3 is 2.59 bits per heavy atom. The first-order valence-electron chi connectivity index (χ1n) is 11.7. The SMILES string of the molecule is CC(=O)OC(C)C(=O)Nc1cccc(C2OC(Cn3cnc(Cl)c3Cl)CC(c3ccc(CO)cc3)O2)c1. The zero-order valence-electron chi connectivity index (χ0n) is 20.3. The number of carbonyl (C=O) groups is 2. The van der Waals surface area contributed by atoms with E-state index in [2.05, 4.69) is 10.3 Å². The van der Waals surface area contributed by atoms with E-state index in [0.717, 1.165) is 11.1 Å². The first-order valence-corrected chi connectivity index (χ1v) is 12.4. The van der Waals surface area contributed by atoms with Crippen LogP contribution in [-0.2, 0) is 37.0 Å². The maximum atomic E-state index is 12.4. The number of aliphatic hydroxyl groups is 1. The van der Waals surface area contributed by atoms with Gasteiger partial charge in [-0.05, 0) is 30.2 Å². The first-order chi connectivity index (χ1) is 17.7. The van der Waals surface area contributed by atoms with Crippen LogP contribution >= 0.6 is 23.2 Å². The summed E-state index contributed by atoms with van der Waals surface area (Å²) in [6.45, 7) is 3.10. The van der Waals surface area contributed by atoms with Crippen molar-refractivity contribution in [2.24, 2.45) is 0 Å². The fraction of sp³-hybridized carbons (Fsp3) is 0.346. The number of nitrogens with zero attached hydrogens (tertiary/aromatic N) is 2. The van der Waals surface area contributed by atoms with Gasteiger partial charge in [-0.15, -0.1) is 0 Å². The lowest BCUT2D eigenvalue weighted by Gasteiger charge is -2.36.